The van der Waals surface area contributed by atoms with Gasteiger partial charge in [-0.05, 0) is 75.3 Å². The van der Waals surface area contributed by atoms with E-state index in [4.69, 9.17) is 22.3 Å². The van der Waals surface area contributed by atoms with Gasteiger partial charge in [-0.3, -0.25) is 107 Å². The SMILES string of the molecule is N=C(N)NCCC[C@@H]1NC(=O)[C@H](CCCCNC(=O)CN(CCN(CCN(CC(=O)O)CC(=O)NCCCC[C@@H]2NC(=O)[C@@H](Cc3ccccc3)NC(=O)[C@H](CC(=O)O)NC(=O)CNC(=O)[C@H](CCCNC(=N)N)NC2=O)CC(=O)O)CC(=O)O)NC(=O)[C@@H](Cc2ccccc2)NC(=O)[C@H](CC(=O)O)NC(=O)CNC1=O. The van der Waals surface area contributed by atoms with Crippen LogP contribution in [0.5, 0.6) is 0 Å². The number of nitrogens with zero attached hydrogens (tertiary/aromatic N) is 3. The van der Waals surface area contributed by atoms with Crippen molar-refractivity contribution in [3.8, 4) is 0 Å². The van der Waals surface area contributed by atoms with Gasteiger partial charge < -0.3 is 111 Å². The number of benzene rings is 2. The number of carbonyl (C=O) groups is 17. The summed E-state index contributed by atoms with van der Waals surface area (Å²) >= 11 is 0. The van der Waals surface area contributed by atoms with E-state index in [1.165, 1.54) is 14.7 Å². The Morgan fingerprint density at radius 3 is 0.973 bits per heavy atom. The zero-order chi connectivity index (χ0) is 82.0. The number of carboxylic acid groups (broad SMARTS) is 5. The monoisotopic (exact) mass is 1560 g/mol. The molecule has 610 valence electrons. The summed E-state index contributed by atoms with van der Waals surface area (Å²) in [7, 11) is 0. The van der Waals surface area contributed by atoms with Gasteiger partial charge in [0, 0.05) is 65.2 Å². The number of rotatable bonds is 42. The zero-order valence-electron chi connectivity index (χ0n) is 61.1. The Morgan fingerprint density at radius 1 is 0.351 bits per heavy atom. The van der Waals surface area contributed by atoms with E-state index in [1.807, 2.05) is 0 Å². The lowest BCUT2D eigenvalue weighted by atomic mass is 10.0. The third kappa shape index (κ3) is 38.0. The second-order valence-corrected chi connectivity index (χ2v) is 26.2. The number of hydrogen-bond acceptors (Lipinski definition) is 22. The second kappa shape index (κ2) is 49.0. The summed E-state index contributed by atoms with van der Waals surface area (Å²) in [6.07, 6.45) is -1.93. The van der Waals surface area contributed by atoms with E-state index in [9.17, 15) is 107 Å². The molecule has 0 aromatic heterocycles. The highest BCUT2D eigenvalue weighted by Gasteiger charge is 2.36. The zero-order valence-corrected chi connectivity index (χ0v) is 61.1. The molecule has 25 N–H and O–H groups in total. The Bertz CT molecular complexity index is 3360. The first kappa shape index (κ1) is 91.2. The van der Waals surface area contributed by atoms with Gasteiger partial charge in [0.25, 0.3) is 0 Å². The molecule has 43 heteroatoms. The highest BCUT2D eigenvalue weighted by Crippen LogP contribution is 2.13. The smallest absolute Gasteiger partial charge is 0.317 e. The van der Waals surface area contributed by atoms with Crippen molar-refractivity contribution in [2.75, 3.05) is 98.2 Å². The van der Waals surface area contributed by atoms with E-state index in [0.29, 0.717) is 11.1 Å². The van der Waals surface area contributed by atoms with Gasteiger partial charge in [0.15, 0.2) is 11.9 Å². The van der Waals surface area contributed by atoms with Crippen molar-refractivity contribution in [1.29, 1.82) is 10.8 Å². The van der Waals surface area contributed by atoms with Crippen LogP contribution in [0, 0.1) is 10.8 Å². The van der Waals surface area contributed by atoms with Crippen LogP contribution >= 0.6 is 0 Å². The molecule has 2 aromatic carbocycles. The summed E-state index contributed by atoms with van der Waals surface area (Å²) in [5, 5.41) is 98.8. The topological polar surface area (TPSA) is 669 Å². The largest absolute Gasteiger partial charge is 0.481 e. The summed E-state index contributed by atoms with van der Waals surface area (Å²) in [4.78, 5) is 228. The lowest BCUT2D eigenvalue weighted by molar-refractivity contribution is -0.141. The van der Waals surface area contributed by atoms with Gasteiger partial charge in [-0.25, -0.2) is 0 Å². The number of guanidine groups is 2. The molecule has 4 rings (SSSR count). The molecule has 0 radical (unpaired) electrons. The van der Waals surface area contributed by atoms with E-state index in [0.717, 1.165) is 0 Å². The fourth-order valence-corrected chi connectivity index (χ4v) is 11.5. The Labute approximate surface area is 637 Å². The first-order chi connectivity index (χ1) is 52.7. The van der Waals surface area contributed by atoms with Crippen molar-refractivity contribution in [3.63, 3.8) is 0 Å². The van der Waals surface area contributed by atoms with Crippen molar-refractivity contribution < 1.29 is 107 Å². The normalized spacial score (nSPS) is 19.8. The summed E-state index contributed by atoms with van der Waals surface area (Å²) in [6, 6.07) is 4.68. The quantitative estimate of drug-likeness (QED) is 0.0167. The number of carboxylic acids is 5. The van der Waals surface area contributed by atoms with Gasteiger partial charge in [0.05, 0.1) is 58.7 Å². The van der Waals surface area contributed by atoms with Gasteiger partial charge >= 0.3 is 29.8 Å². The van der Waals surface area contributed by atoms with Gasteiger partial charge in [0.1, 0.15) is 48.3 Å². The first-order valence-corrected chi connectivity index (χ1v) is 35.7. The number of aliphatic carboxylic acids is 5. The van der Waals surface area contributed by atoms with Crippen LogP contribution < -0.4 is 85.9 Å². The fourth-order valence-electron chi connectivity index (χ4n) is 11.5. The lowest BCUT2D eigenvalue weighted by Gasteiger charge is -2.28. The molecule has 2 aliphatic rings. The molecule has 2 aliphatic heterocycles. The van der Waals surface area contributed by atoms with E-state index in [-0.39, 0.29) is 141 Å². The minimum atomic E-state index is -1.72. The predicted molar refractivity (Wildman–Crippen MR) is 391 cm³/mol. The summed E-state index contributed by atoms with van der Waals surface area (Å²) in [5.74, 6) is -18.6. The molecule has 111 heavy (non-hydrogen) atoms. The van der Waals surface area contributed by atoms with Crippen molar-refractivity contribution in [2.45, 2.75) is 138 Å². The number of carbonyl (C=O) groups excluding carboxylic acids is 12. The molecule has 0 saturated carbocycles. The first-order valence-electron chi connectivity index (χ1n) is 35.7. The average molecular weight is 1560 g/mol. The van der Waals surface area contributed by atoms with E-state index in [2.05, 4.69) is 74.4 Å². The molecule has 0 spiro atoms. The summed E-state index contributed by atoms with van der Waals surface area (Å²) in [5.41, 5.74) is 11.9. The second-order valence-electron chi connectivity index (χ2n) is 26.2. The number of nitrogens with two attached hydrogens (primary N) is 2. The molecular formula is C68H101N21O22. The maximum absolute atomic E-state index is 14.2. The third-order valence-corrected chi connectivity index (χ3v) is 17.0. The van der Waals surface area contributed by atoms with Crippen LogP contribution in [0.1, 0.15) is 88.2 Å². The van der Waals surface area contributed by atoms with Crippen molar-refractivity contribution in [3.05, 3.63) is 71.8 Å². The molecule has 0 bridgehead atoms. The summed E-state index contributed by atoms with van der Waals surface area (Å²) in [6.45, 7) is -5.49. The molecular weight excluding hydrogens is 1460 g/mol. The highest BCUT2D eigenvalue weighted by molar-refractivity contribution is 6.00. The highest BCUT2D eigenvalue weighted by atomic mass is 16.4. The van der Waals surface area contributed by atoms with Crippen molar-refractivity contribution >= 4 is 113 Å². The number of hydrogen-bond donors (Lipinski definition) is 23. The summed E-state index contributed by atoms with van der Waals surface area (Å²) < 4.78 is 0. The Hall–Kier alpha value is -12.2. The molecule has 2 heterocycles. The number of amides is 12. The van der Waals surface area contributed by atoms with Crippen LogP contribution in [-0.2, 0) is 94.3 Å². The molecule has 0 aliphatic carbocycles. The van der Waals surface area contributed by atoms with Crippen LogP contribution in [0.3, 0.4) is 0 Å². The van der Waals surface area contributed by atoms with E-state index >= 15 is 0 Å². The maximum atomic E-state index is 14.2. The molecule has 2 saturated heterocycles. The van der Waals surface area contributed by atoms with Gasteiger partial charge in [-0.15, -0.1) is 0 Å². The van der Waals surface area contributed by atoms with Gasteiger partial charge in [-0.1, -0.05) is 60.7 Å². The fraction of sp³-hybridized carbons (Fsp3) is 0.544. The van der Waals surface area contributed by atoms with Crippen LogP contribution in [0.15, 0.2) is 60.7 Å². The van der Waals surface area contributed by atoms with Gasteiger partial charge in [-0.2, -0.15) is 0 Å². The van der Waals surface area contributed by atoms with Crippen molar-refractivity contribution in [1.82, 2.24) is 89.1 Å². The molecule has 2 fully saturated rings. The van der Waals surface area contributed by atoms with Crippen LogP contribution in [0.25, 0.3) is 0 Å². The van der Waals surface area contributed by atoms with E-state index in [1.54, 1.807) is 60.7 Å². The minimum absolute atomic E-state index is 0.0793. The Morgan fingerprint density at radius 2 is 0.640 bits per heavy atom. The molecule has 8 atom stereocenters. The standard InChI is InChI=1S/C68H101N21O22/c69-67(70)75-23-11-19-42-59(104)77-33-50(90)79-48(31-54(94)95)65(110)85-46(29-40-13-3-1-4-14-40)63(108)83-44(61(106)81-42)17-7-9-21-73-52(92)35-88(38-57(100)101)27-25-87(37-56(98)99)26-28-89(39-58(102)103)36-53(93)74-22-10-8-18-45-62(107)82-43(20-12-24-76-68(71)72)60(105)78-34-51(91)80-49(32-55(96)97)66(111)86-47(64(109)84-45)30-41-15-5-2-6-16-41/h1-6,13-16,42-49H,7-12,17-39H2,(H,73,92)(H,74,93)(H,77,104)(H,78,105)(H,79,90)(H,80,91)(H,81,106)(H,82,107)(H,83,108)(H,84,109)(H,85,110)(H,86,111)(H,94,95)(H,96,97)(H,98,99)(H,100,101)(H,102,103)(H4,69,70,75)(H4,71,72,76)/t42-,43-,44-,45-,46+,47+,48-,49-/m0/s1. The molecule has 0 unspecified atom stereocenters. The van der Waals surface area contributed by atoms with Crippen LogP contribution in [-0.4, -0.2) is 299 Å². The minimum Gasteiger partial charge on any atom is -0.481 e. The average Bonchev–Trinajstić information content (AvgIpc) is 1.67. The van der Waals surface area contributed by atoms with Crippen molar-refractivity contribution in [2.24, 2.45) is 11.5 Å². The predicted octanol–water partition coefficient (Wildman–Crippen LogP) is -8.18. The lowest BCUT2D eigenvalue weighted by Crippen LogP contribution is -2.58. The molecule has 43 nitrogen and oxygen atoms in total. The molecule has 12 amide bonds. The Balaban J connectivity index is 1.42. The van der Waals surface area contributed by atoms with Gasteiger partial charge in [0.2, 0.25) is 70.9 Å². The molecule has 2 aromatic rings. The third-order valence-electron chi connectivity index (χ3n) is 17.0. The Kier molecular flexibility index (Phi) is 40.3. The number of unbranched alkanes of at least 4 members (excludes halogenated alkanes) is 2. The number of nitrogens with one attached hydrogen (secondary N) is 16. The van der Waals surface area contributed by atoms with E-state index < -0.39 is 208 Å². The van der Waals surface area contributed by atoms with Crippen LogP contribution in [0.2, 0.25) is 0 Å². The maximum Gasteiger partial charge on any atom is 0.317 e. The van der Waals surface area contributed by atoms with Crippen LogP contribution in [0.4, 0.5) is 0 Å².